The predicted octanol–water partition coefficient (Wildman–Crippen LogP) is 2.52. The van der Waals surface area contributed by atoms with Crippen molar-refractivity contribution in [2.45, 2.75) is 65.3 Å². The molecular formula is C15H30N+. The molecule has 2 aliphatic rings. The average Bonchev–Trinajstić information content (AvgIpc) is 2.22. The van der Waals surface area contributed by atoms with Crippen molar-refractivity contribution in [1.29, 1.82) is 0 Å². The van der Waals surface area contributed by atoms with Gasteiger partial charge in [-0.2, -0.15) is 0 Å². The molecule has 16 heavy (non-hydrogen) atoms. The Balaban J connectivity index is 1.80. The van der Waals surface area contributed by atoms with E-state index in [0.29, 0.717) is 0 Å². The second-order valence-electron chi connectivity index (χ2n) is 6.78. The standard InChI is InChI=1S/C15H29N/c1-12-5-4-6-15(10-12)11-16-8-7-13(2)9-14(16)3/h12-15H,4-11H2,1-3H3/p+1. The van der Waals surface area contributed by atoms with Gasteiger partial charge in [-0.3, -0.25) is 0 Å². The lowest BCUT2D eigenvalue weighted by Crippen LogP contribution is -3.17. The maximum atomic E-state index is 2.47. The van der Waals surface area contributed by atoms with E-state index in [0.717, 1.165) is 23.8 Å². The lowest BCUT2D eigenvalue weighted by atomic mass is 9.81. The Bertz CT molecular complexity index is 213. The van der Waals surface area contributed by atoms with Crippen molar-refractivity contribution in [2.24, 2.45) is 17.8 Å². The van der Waals surface area contributed by atoms with Gasteiger partial charge in [0.2, 0.25) is 0 Å². The molecule has 0 radical (unpaired) electrons. The smallest absolute Gasteiger partial charge is 0.0848 e. The Kier molecular flexibility index (Phi) is 4.29. The van der Waals surface area contributed by atoms with E-state index in [1.54, 1.807) is 0 Å². The molecular weight excluding hydrogens is 194 g/mol. The highest BCUT2D eigenvalue weighted by atomic mass is 15.2. The Labute approximate surface area is 102 Å². The van der Waals surface area contributed by atoms with Crippen molar-refractivity contribution >= 4 is 0 Å². The Morgan fingerprint density at radius 3 is 2.38 bits per heavy atom. The topological polar surface area (TPSA) is 4.44 Å². The first-order valence-corrected chi connectivity index (χ1v) is 7.49. The fourth-order valence-electron chi connectivity index (χ4n) is 3.99. The van der Waals surface area contributed by atoms with Crippen LogP contribution in [0, 0.1) is 17.8 Å². The van der Waals surface area contributed by atoms with Crippen LogP contribution < -0.4 is 4.90 Å². The molecule has 5 atom stereocenters. The molecule has 0 spiro atoms. The van der Waals surface area contributed by atoms with Gasteiger partial charge in [0.25, 0.3) is 0 Å². The summed E-state index contributed by atoms with van der Waals surface area (Å²) in [7, 11) is 0. The van der Waals surface area contributed by atoms with Crippen LogP contribution in [0.2, 0.25) is 0 Å². The maximum absolute atomic E-state index is 2.47. The summed E-state index contributed by atoms with van der Waals surface area (Å²) in [6.45, 7) is 10.3. The second kappa shape index (κ2) is 5.53. The van der Waals surface area contributed by atoms with Crippen LogP contribution in [-0.2, 0) is 0 Å². The number of nitrogens with one attached hydrogen (secondary N) is 1. The van der Waals surface area contributed by atoms with Gasteiger partial charge in [0.1, 0.15) is 0 Å². The van der Waals surface area contributed by atoms with E-state index in [2.05, 4.69) is 20.8 Å². The first kappa shape index (κ1) is 12.4. The molecule has 0 amide bonds. The molecule has 0 aromatic heterocycles. The highest BCUT2D eigenvalue weighted by molar-refractivity contribution is 4.71. The molecule has 5 unspecified atom stereocenters. The van der Waals surface area contributed by atoms with Crippen molar-refractivity contribution in [3.05, 3.63) is 0 Å². The number of likely N-dealkylation sites (tertiary alicyclic amines) is 1. The number of rotatable bonds is 2. The lowest BCUT2D eigenvalue weighted by Gasteiger charge is -2.37. The Hall–Kier alpha value is -0.0400. The van der Waals surface area contributed by atoms with E-state index >= 15 is 0 Å². The second-order valence-corrected chi connectivity index (χ2v) is 6.78. The largest absolute Gasteiger partial charge is 0.332 e. The van der Waals surface area contributed by atoms with E-state index in [1.165, 1.54) is 51.6 Å². The molecule has 0 bridgehead atoms. The molecule has 1 aliphatic carbocycles. The van der Waals surface area contributed by atoms with E-state index in [4.69, 9.17) is 0 Å². The molecule has 1 N–H and O–H groups in total. The summed E-state index contributed by atoms with van der Waals surface area (Å²) >= 11 is 0. The summed E-state index contributed by atoms with van der Waals surface area (Å²) in [5.74, 6) is 3.01. The molecule has 1 nitrogen and oxygen atoms in total. The molecule has 1 saturated carbocycles. The number of quaternary nitrogens is 1. The van der Waals surface area contributed by atoms with Gasteiger partial charge in [-0.05, 0) is 38.0 Å². The van der Waals surface area contributed by atoms with Gasteiger partial charge >= 0.3 is 0 Å². The highest BCUT2D eigenvalue weighted by Crippen LogP contribution is 2.27. The van der Waals surface area contributed by atoms with Gasteiger partial charge in [-0.25, -0.2) is 0 Å². The molecule has 1 heterocycles. The SMILES string of the molecule is CC1CCCC(C[NH+]2CCC(C)CC2C)C1. The molecule has 1 heteroatoms. The summed E-state index contributed by atoms with van der Waals surface area (Å²) in [6.07, 6.45) is 8.91. The molecule has 1 saturated heterocycles. The minimum absolute atomic E-state index is 0.918. The van der Waals surface area contributed by atoms with Gasteiger partial charge in [0, 0.05) is 12.3 Å². The van der Waals surface area contributed by atoms with E-state index in [1.807, 2.05) is 4.90 Å². The number of hydrogen-bond donors (Lipinski definition) is 1. The van der Waals surface area contributed by atoms with Crippen LogP contribution in [0.25, 0.3) is 0 Å². The summed E-state index contributed by atoms with van der Waals surface area (Å²) in [4.78, 5) is 1.91. The fraction of sp³-hybridized carbons (Fsp3) is 1.00. The fourth-order valence-corrected chi connectivity index (χ4v) is 3.99. The minimum atomic E-state index is 0.918. The van der Waals surface area contributed by atoms with Crippen LogP contribution in [-0.4, -0.2) is 19.1 Å². The molecule has 0 aromatic rings. The average molecular weight is 224 g/mol. The molecule has 0 aromatic carbocycles. The van der Waals surface area contributed by atoms with Crippen molar-refractivity contribution in [1.82, 2.24) is 0 Å². The van der Waals surface area contributed by atoms with Gasteiger partial charge in [-0.15, -0.1) is 0 Å². The van der Waals surface area contributed by atoms with Gasteiger partial charge in [-0.1, -0.05) is 26.7 Å². The first-order chi connectivity index (χ1) is 7.65. The van der Waals surface area contributed by atoms with Crippen LogP contribution in [0.4, 0.5) is 0 Å². The molecule has 2 fully saturated rings. The summed E-state index contributed by atoms with van der Waals surface area (Å²) in [5.41, 5.74) is 0. The van der Waals surface area contributed by atoms with Crippen molar-refractivity contribution in [3.8, 4) is 0 Å². The van der Waals surface area contributed by atoms with Gasteiger partial charge < -0.3 is 4.90 Å². The molecule has 1 aliphatic heterocycles. The van der Waals surface area contributed by atoms with Crippen LogP contribution in [0.3, 0.4) is 0 Å². The summed E-state index contributed by atoms with van der Waals surface area (Å²) in [5, 5.41) is 0. The van der Waals surface area contributed by atoms with Crippen LogP contribution in [0.1, 0.15) is 59.3 Å². The van der Waals surface area contributed by atoms with Crippen molar-refractivity contribution < 1.29 is 4.90 Å². The quantitative estimate of drug-likeness (QED) is 0.735. The lowest BCUT2D eigenvalue weighted by molar-refractivity contribution is -0.933. The first-order valence-electron chi connectivity index (χ1n) is 7.49. The van der Waals surface area contributed by atoms with E-state index in [-0.39, 0.29) is 0 Å². The third-order valence-corrected chi connectivity index (χ3v) is 5.01. The third-order valence-electron chi connectivity index (χ3n) is 5.01. The van der Waals surface area contributed by atoms with Crippen LogP contribution in [0.5, 0.6) is 0 Å². The van der Waals surface area contributed by atoms with Crippen molar-refractivity contribution in [2.75, 3.05) is 13.1 Å². The van der Waals surface area contributed by atoms with E-state index in [9.17, 15) is 0 Å². The predicted molar refractivity (Wildman–Crippen MR) is 69.7 cm³/mol. The Morgan fingerprint density at radius 1 is 0.938 bits per heavy atom. The van der Waals surface area contributed by atoms with E-state index < -0.39 is 0 Å². The zero-order valence-corrected chi connectivity index (χ0v) is 11.5. The summed E-state index contributed by atoms with van der Waals surface area (Å²) in [6, 6.07) is 0.918. The van der Waals surface area contributed by atoms with Gasteiger partial charge in [0.05, 0.1) is 19.1 Å². The van der Waals surface area contributed by atoms with Crippen LogP contribution >= 0.6 is 0 Å². The number of piperidine rings is 1. The third kappa shape index (κ3) is 3.23. The highest BCUT2D eigenvalue weighted by Gasteiger charge is 2.30. The normalized spacial score (nSPS) is 45.6. The monoisotopic (exact) mass is 224 g/mol. The summed E-state index contributed by atoms with van der Waals surface area (Å²) < 4.78 is 0. The van der Waals surface area contributed by atoms with Crippen molar-refractivity contribution in [3.63, 3.8) is 0 Å². The molecule has 94 valence electrons. The number of hydrogen-bond acceptors (Lipinski definition) is 0. The zero-order valence-electron chi connectivity index (χ0n) is 11.5. The maximum Gasteiger partial charge on any atom is 0.0848 e. The minimum Gasteiger partial charge on any atom is -0.332 e. The molecule has 2 rings (SSSR count). The van der Waals surface area contributed by atoms with Crippen LogP contribution in [0.15, 0.2) is 0 Å². The zero-order chi connectivity index (χ0) is 11.5. The Morgan fingerprint density at radius 2 is 1.69 bits per heavy atom. The van der Waals surface area contributed by atoms with Gasteiger partial charge in [0.15, 0.2) is 0 Å².